The quantitative estimate of drug-likeness (QED) is 0.505. The highest BCUT2D eigenvalue weighted by molar-refractivity contribution is 7.92. The average molecular weight is 342 g/mol. The fourth-order valence-corrected chi connectivity index (χ4v) is 3.42. The van der Waals surface area contributed by atoms with E-state index in [1.165, 1.54) is 13.2 Å². The van der Waals surface area contributed by atoms with Gasteiger partial charge >= 0.3 is 0 Å². The number of methoxy groups -OCH3 is 1. The molecule has 0 atom stereocenters. The molecule has 22 heavy (non-hydrogen) atoms. The molecule has 116 valence electrons. The third-order valence-electron chi connectivity index (χ3n) is 2.60. The molecule has 0 aliphatic rings. The molecule has 0 amide bonds. The number of nitro groups is 1. The van der Waals surface area contributed by atoms with Crippen molar-refractivity contribution < 1.29 is 23.2 Å². The number of sulfonamides is 1. The van der Waals surface area contributed by atoms with Crippen LogP contribution in [0.2, 0.25) is 0 Å². The van der Waals surface area contributed by atoms with Crippen molar-refractivity contribution in [1.82, 2.24) is 0 Å². The van der Waals surface area contributed by atoms with Gasteiger partial charge < -0.3 is 9.84 Å². The molecule has 1 aromatic carbocycles. The van der Waals surface area contributed by atoms with Crippen molar-refractivity contribution in [3.63, 3.8) is 0 Å². The van der Waals surface area contributed by atoms with Gasteiger partial charge in [0.05, 0.1) is 29.9 Å². The lowest BCUT2D eigenvalue weighted by Crippen LogP contribution is -1.99. The molecule has 10 heteroatoms. The van der Waals surface area contributed by atoms with E-state index in [0.717, 1.165) is 29.7 Å². The van der Waals surface area contributed by atoms with E-state index in [1.54, 1.807) is 11.4 Å². The molecular weight excluding hydrogens is 332 g/mol. The highest BCUT2D eigenvalue weighted by Gasteiger charge is 2.19. The third kappa shape index (κ3) is 3.23. The molecule has 0 saturated heterocycles. The number of hydrogen-bond donors (Lipinski definition) is 1. The highest BCUT2D eigenvalue weighted by atomic mass is 32.2. The number of rotatable bonds is 5. The number of nitro benzene ring substituents is 1. The predicted octanol–water partition coefficient (Wildman–Crippen LogP) is 2.18. The number of aromatic hydroxyl groups is 1. The summed E-state index contributed by atoms with van der Waals surface area (Å²) < 4.78 is 32.0. The molecule has 8 nitrogen and oxygen atoms in total. The van der Waals surface area contributed by atoms with E-state index in [0.29, 0.717) is 0 Å². The van der Waals surface area contributed by atoms with Crippen molar-refractivity contribution in [2.45, 2.75) is 4.21 Å². The van der Waals surface area contributed by atoms with Crippen LogP contribution in [0.15, 0.2) is 38.3 Å². The summed E-state index contributed by atoms with van der Waals surface area (Å²) in [6.07, 6.45) is 0.826. The van der Waals surface area contributed by atoms with E-state index in [9.17, 15) is 23.6 Å². The molecule has 1 heterocycles. The minimum Gasteiger partial charge on any atom is -0.504 e. The fourth-order valence-electron chi connectivity index (χ4n) is 1.59. The Labute approximate surface area is 129 Å². The van der Waals surface area contributed by atoms with Crippen LogP contribution in [-0.2, 0) is 10.0 Å². The summed E-state index contributed by atoms with van der Waals surface area (Å²) in [4.78, 5) is 10.3. The number of thiophene rings is 1. The summed E-state index contributed by atoms with van der Waals surface area (Å²) in [7, 11) is -2.69. The SMILES string of the molecule is COc1cc([N+](=O)[O-])c(/C=N\S(=O)(=O)c2cccs2)cc1O. The minimum atomic E-state index is -3.93. The van der Waals surface area contributed by atoms with Crippen LogP contribution in [0.1, 0.15) is 5.56 Å². The monoisotopic (exact) mass is 342 g/mol. The molecule has 0 radical (unpaired) electrons. The molecule has 0 aliphatic heterocycles. The first-order chi connectivity index (χ1) is 10.3. The first-order valence-corrected chi connectivity index (χ1v) is 8.06. The summed E-state index contributed by atoms with van der Waals surface area (Å²) in [5.41, 5.74) is -0.580. The summed E-state index contributed by atoms with van der Waals surface area (Å²) in [5, 5.41) is 22.2. The van der Waals surface area contributed by atoms with Gasteiger partial charge in [0, 0.05) is 0 Å². The van der Waals surface area contributed by atoms with Gasteiger partial charge in [0.1, 0.15) is 4.21 Å². The molecule has 0 fully saturated rings. The van der Waals surface area contributed by atoms with Crippen molar-refractivity contribution in [2.24, 2.45) is 4.40 Å². The Hall–Kier alpha value is -2.46. The standard InChI is InChI=1S/C12H10N2O6S2/c1-20-11-6-9(14(16)17)8(5-10(11)15)7-13-22(18,19)12-3-2-4-21-12/h2-7,15H,1H3/b13-7-. The van der Waals surface area contributed by atoms with Gasteiger partial charge in [-0.25, -0.2) is 0 Å². The number of phenolic OH excluding ortho intramolecular Hbond substituents is 1. The number of ether oxygens (including phenoxy) is 1. The summed E-state index contributed by atoms with van der Waals surface area (Å²) in [6.45, 7) is 0. The summed E-state index contributed by atoms with van der Waals surface area (Å²) in [5.74, 6) is -0.451. The summed E-state index contributed by atoms with van der Waals surface area (Å²) in [6, 6.07) is 4.94. The normalized spacial score (nSPS) is 11.7. The van der Waals surface area contributed by atoms with E-state index in [-0.39, 0.29) is 21.3 Å². The second-order valence-electron chi connectivity index (χ2n) is 3.98. The second kappa shape index (κ2) is 6.12. The van der Waals surface area contributed by atoms with Gasteiger partial charge in [0.2, 0.25) is 0 Å². The average Bonchev–Trinajstić information content (AvgIpc) is 3.00. The van der Waals surface area contributed by atoms with Crippen molar-refractivity contribution in [3.8, 4) is 11.5 Å². The Morgan fingerprint density at radius 3 is 2.73 bits per heavy atom. The van der Waals surface area contributed by atoms with Crippen LogP contribution in [0.4, 0.5) is 5.69 Å². The minimum absolute atomic E-state index is 0.0177. The Morgan fingerprint density at radius 1 is 1.45 bits per heavy atom. The maximum absolute atomic E-state index is 11.9. The maximum atomic E-state index is 11.9. The van der Waals surface area contributed by atoms with Gasteiger partial charge in [-0.3, -0.25) is 10.1 Å². The van der Waals surface area contributed by atoms with Gasteiger partial charge in [-0.15, -0.1) is 11.3 Å². The Morgan fingerprint density at radius 2 is 2.18 bits per heavy atom. The third-order valence-corrected chi connectivity index (χ3v) is 5.21. The summed E-state index contributed by atoms with van der Waals surface area (Å²) >= 11 is 0.980. The lowest BCUT2D eigenvalue weighted by Gasteiger charge is -2.04. The Kier molecular flexibility index (Phi) is 4.43. The number of benzene rings is 1. The second-order valence-corrected chi connectivity index (χ2v) is 6.79. The topological polar surface area (TPSA) is 119 Å². The molecule has 1 N–H and O–H groups in total. The molecule has 0 unspecified atom stereocenters. The molecule has 0 aliphatic carbocycles. The first kappa shape index (κ1) is 15.9. The lowest BCUT2D eigenvalue weighted by molar-refractivity contribution is -0.385. The molecule has 0 bridgehead atoms. The highest BCUT2D eigenvalue weighted by Crippen LogP contribution is 2.33. The van der Waals surface area contributed by atoms with Crippen LogP contribution >= 0.6 is 11.3 Å². The van der Waals surface area contributed by atoms with Gasteiger partial charge in [0.15, 0.2) is 11.5 Å². The Balaban J connectivity index is 2.47. The number of hydrogen-bond acceptors (Lipinski definition) is 7. The number of nitrogens with zero attached hydrogens (tertiary/aromatic N) is 2. The lowest BCUT2D eigenvalue weighted by atomic mass is 10.1. The van der Waals surface area contributed by atoms with Gasteiger partial charge in [-0.1, -0.05) is 6.07 Å². The van der Waals surface area contributed by atoms with Crippen LogP contribution in [-0.4, -0.2) is 31.8 Å². The van der Waals surface area contributed by atoms with E-state index < -0.39 is 20.6 Å². The van der Waals surface area contributed by atoms with Crippen LogP contribution < -0.4 is 4.74 Å². The molecular formula is C12H10N2O6S2. The van der Waals surface area contributed by atoms with Gasteiger partial charge in [-0.05, 0) is 17.5 Å². The van der Waals surface area contributed by atoms with Gasteiger partial charge in [0.25, 0.3) is 15.7 Å². The largest absolute Gasteiger partial charge is 0.504 e. The van der Waals surface area contributed by atoms with E-state index in [4.69, 9.17) is 4.74 Å². The van der Waals surface area contributed by atoms with E-state index in [1.807, 2.05) is 0 Å². The van der Waals surface area contributed by atoms with Gasteiger partial charge in [-0.2, -0.15) is 12.8 Å². The molecule has 0 saturated carbocycles. The molecule has 2 rings (SSSR count). The van der Waals surface area contributed by atoms with Crippen LogP contribution in [0.5, 0.6) is 11.5 Å². The van der Waals surface area contributed by atoms with Crippen molar-refractivity contribution in [2.75, 3.05) is 7.11 Å². The fraction of sp³-hybridized carbons (Fsp3) is 0.0833. The zero-order chi connectivity index (χ0) is 16.3. The van der Waals surface area contributed by atoms with Crippen LogP contribution in [0.25, 0.3) is 0 Å². The smallest absolute Gasteiger partial charge is 0.291 e. The van der Waals surface area contributed by atoms with Crippen LogP contribution in [0.3, 0.4) is 0 Å². The van der Waals surface area contributed by atoms with Crippen molar-refractivity contribution in [1.29, 1.82) is 0 Å². The zero-order valence-electron chi connectivity index (χ0n) is 11.2. The van der Waals surface area contributed by atoms with Crippen molar-refractivity contribution >= 4 is 33.3 Å². The first-order valence-electron chi connectivity index (χ1n) is 5.74. The maximum Gasteiger partial charge on any atom is 0.291 e. The molecule has 0 spiro atoms. The van der Waals surface area contributed by atoms with E-state index in [2.05, 4.69) is 4.40 Å². The number of phenols is 1. The Bertz CT molecular complexity index is 828. The molecule has 1 aromatic heterocycles. The predicted molar refractivity (Wildman–Crippen MR) is 80.4 cm³/mol. The molecule has 2 aromatic rings. The van der Waals surface area contributed by atoms with E-state index >= 15 is 0 Å². The van der Waals surface area contributed by atoms with Crippen LogP contribution in [0, 0.1) is 10.1 Å². The zero-order valence-corrected chi connectivity index (χ0v) is 12.8. The van der Waals surface area contributed by atoms with Crippen molar-refractivity contribution in [3.05, 3.63) is 45.3 Å².